The molecule has 1 saturated heterocycles. The predicted molar refractivity (Wildman–Crippen MR) is 150 cm³/mol. The lowest BCUT2D eigenvalue weighted by Gasteiger charge is -2.37. The maximum absolute atomic E-state index is 12.9. The Balaban J connectivity index is 1.33. The number of alkyl halides is 2. The van der Waals surface area contributed by atoms with Crippen LogP contribution in [0.1, 0.15) is 29.2 Å². The van der Waals surface area contributed by atoms with Gasteiger partial charge in [-0.2, -0.15) is 0 Å². The van der Waals surface area contributed by atoms with Gasteiger partial charge in [-0.3, -0.25) is 18.9 Å². The Kier molecular flexibility index (Phi) is 6.09. The van der Waals surface area contributed by atoms with E-state index in [-0.39, 0.29) is 6.54 Å². The fraction of sp³-hybridized carbons (Fsp3) is 0.393. The first-order valence-electron chi connectivity index (χ1n) is 13.1. The van der Waals surface area contributed by atoms with Gasteiger partial charge in [-0.05, 0) is 61.1 Å². The number of anilines is 1. The number of benzene rings is 1. The Labute approximate surface area is 231 Å². The van der Waals surface area contributed by atoms with Crippen LogP contribution in [-0.4, -0.2) is 46.2 Å². The summed E-state index contributed by atoms with van der Waals surface area (Å²) >= 11 is 8.16. The SMILES string of the molecule is O=c1ccn(CC(F)F)c(=O)n1Cc1cc2nccc(-c3cc(Cl)cc4c3N(C3CCNC3)CC3CC43)c2s1. The van der Waals surface area contributed by atoms with Gasteiger partial charge in [-0.15, -0.1) is 11.3 Å². The lowest BCUT2D eigenvalue weighted by Crippen LogP contribution is -2.41. The van der Waals surface area contributed by atoms with Gasteiger partial charge in [0.15, 0.2) is 0 Å². The van der Waals surface area contributed by atoms with Gasteiger partial charge >= 0.3 is 5.69 Å². The summed E-state index contributed by atoms with van der Waals surface area (Å²) in [6, 6.07) is 9.62. The first-order valence-corrected chi connectivity index (χ1v) is 14.3. The minimum absolute atomic E-state index is 0.0144. The van der Waals surface area contributed by atoms with Gasteiger partial charge in [0.25, 0.3) is 12.0 Å². The van der Waals surface area contributed by atoms with E-state index in [0.29, 0.717) is 22.9 Å². The molecule has 2 fully saturated rings. The number of halogens is 3. The van der Waals surface area contributed by atoms with E-state index in [0.717, 1.165) is 73.7 Å². The number of hydrogen-bond acceptors (Lipinski definition) is 6. The standard InChI is InChI=1S/C28H26ClF2N5O2S/c29-16-8-21(26-22(9-16)20-7-15(20)12-35(26)17-1-4-32-11-17)19-2-5-33-23-10-18(39-27(19)23)13-36-25(37)3-6-34(28(36)38)14-24(30)31/h2-3,5-6,8-10,15,17,20,24,32H,1,4,7,11-14H2. The molecule has 11 heteroatoms. The van der Waals surface area contributed by atoms with E-state index in [4.69, 9.17) is 11.6 Å². The highest BCUT2D eigenvalue weighted by Gasteiger charge is 2.47. The van der Waals surface area contributed by atoms with Gasteiger partial charge in [0.1, 0.15) is 0 Å². The van der Waals surface area contributed by atoms with E-state index in [2.05, 4.69) is 21.3 Å². The van der Waals surface area contributed by atoms with Crippen LogP contribution in [0.25, 0.3) is 21.3 Å². The molecule has 202 valence electrons. The summed E-state index contributed by atoms with van der Waals surface area (Å²) in [7, 11) is 0. The second kappa shape index (κ2) is 9.53. The molecule has 4 aromatic rings. The Morgan fingerprint density at radius 1 is 1.18 bits per heavy atom. The monoisotopic (exact) mass is 569 g/mol. The van der Waals surface area contributed by atoms with E-state index < -0.39 is 24.2 Å². The van der Waals surface area contributed by atoms with Crippen LogP contribution in [0.3, 0.4) is 0 Å². The van der Waals surface area contributed by atoms with Crippen LogP contribution in [0, 0.1) is 5.92 Å². The molecule has 1 N–H and O–H groups in total. The van der Waals surface area contributed by atoms with E-state index in [9.17, 15) is 18.4 Å². The zero-order valence-corrected chi connectivity index (χ0v) is 22.5. The Morgan fingerprint density at radius 2 is 2.05 bits per heavy atom. The molecule has 0 spiro atoms. The van der Waals surface area contributed by atoms with Crippen molar-refractivity contribution >= 4 is 38.8 Å². The number of thiophene rings is 1. The molecule has 3 aliphatic rings. The van der Waals surface area contributed by atoms with Crippen molar-refractivity contribution in [2.75, 3.05) is 24.5 Å². The van der Waals surface area contributed by atoms with Crippen LogP contribution in [-0.2, 0) is 13.1 Å². The molecule has 7 nitrogen and oxygen atoms in total. The van der Waals surface area contributed by atoms with E-state index >= 15 is 0 Å². The van der Waals surface area contributed by atoms with Crippen molar-refractivity contribution in [2.45, 2.75) is 44.3 Å². The van der Waals surface area contributed by atoms with Gasteiger partial charge in [0.2, 0.25) is 0 Å². The third-order valence-electron chi connectivity index (χ3n) is 8.16. The normalized spacial score (nSPS) is 21.9. The van der Waals surface area contributed by atoms with Crippen molar-refractivity contribution in [3.05, 3.63) is 79.0 Å². The summed E-state index contributed by atoms with van der Waals surface area (Å²) in [4.78, 5) is 33.2. The molecule has 1 aromatic carbocycles. The zero-order chi connectivity index (χ0) is 26.8. The summed E-state index contributed by atoms with van der Waals surface area (Å²) in [5.41, 5.74) is 4.14. The number of rotatable bonds is 6. The van der Waals surface area contributed by atoms with Gasteiger partial charge in [-0.1, -0.05) is 11.6 Å². The number of fused-ring (bicyclic) bond motifs is 4. The summed E-state index contributed by atoms with van der Waals surface area (Å²) in [5, 5.41) is 4.21. The molecular formula is C28H26ClF2N5O2S. The summed E-state index contributed by atoms with van der Waals surface area (Å²) in [6.45, 7) is 2.25. The molecule has 7 rings (SSSR count). The van der Waals surface area contributed by atoms with Crippen LogP contribution >= 0.6 is 22.9 Å². The van der Waals surface area contributed by atoms with Gasteiger partial charge in [-0.25, -0.2) is 13.6 Å². The van der Waals surface area contributed by atoms with Crippen molar-refractivity contribution in [1.29, 1.82) is 0 Å². The fourth-order valence-corrected chi connectivity index (χ4v) is 7.62. The third kappa shape index (κ3) is 4.38. The second-order valence-corrected chi connectivity index (χ2v) is 12.2. The highest BCUT2D eigenvalue weighted by Crippen LogP contribution is 2.58. The lowest BCUT2D eigenvalue weighted by atomic mass is 9.92. The van der Waals surface area contributed by atoms with E-state index in [1.807, 2.05) is 18.2 Å². The Morgan fingerprint density at radius 3 is 2.85 bits per heavy atom. The molecule has 0 bridgehead atoms. The minimum Gasteiger partial charge on any atom is -0.366 e. The largest absolute Gasteiger partial charge is 0.366 e. The second-order valence-electron chi connectivity index (χ2n) is 10.6. The quantitative estimate of drug-likeness (QED) is 0.369. The maximum Gasteiger partial charge on any atom is 0.331 e. The lowest BCUT2D eigenvalue weighted by molar-refractivity contribution is 0.124. The van der Waals surface area contributed by atoms with Crippen molar-refractivity contribution in [3.8, 4) is 11.1 Å². The molecular weight excluding hydrogens is 544 g/mol. The number of nitrogens with zero attached hydrogens (tertiary/aromatic N) is 4. The average Bonchev–Trinajstić information content (AvgIpc) is 3.29. The average molecular weight is 570 g/mol. The van der Waals surface area contributed by atoms with E-state index in [1.54, 1.807) is 6.20 Å². The first-order chi connectivity index (χ1) is 18.9. The molecule has 5 heterocycles. The molecule has 1 aliphatic carbocycles. The van der Waals surface area contributed by atoms with Gasteiger partial charge in [0, 0.05) is 64.3 Å². The highest BCUT2D eigenvalue weighted by molar-refractivity contribution is 7.19. The molecule has 3 aromatic heterocycles. The summed E-state index contributed by atoms with van der Waals surface area (Å²) < 4.78 is 28.7. The summed E-state index contributed by atoms with van der Waals surface area (Å²) in [6.07, 6.45) is 2.49. The molecule has 1 saturated carbocycles. The maximum atomic E-state index is 12.9. The predicted octanol–water partition coefficient (Wildman–Crippen LogP) is 4.54. The number of hydrogen-bond donors (Lipinski definition) is 1. The zero-order valence-electron chi connectivity index (χ0n) is 20.9. The third-order valence-corrected chi connectivity index (χ3v) is 9.52. The fourth-order valence-electron chi connectivity index (χ4n) is 6.26. The van der Waals surface area contributed by atoms with Crippen LogP contribution in [0.15, 0.2) is 52.3 Å². The highest BCUT2D eigenvalue weighted by atomic mass is 35.5. The first kappa shape index (κ1) is 24.9. The topological polar surface area (TPSA) is 72.2 Å². The van der Waals surface area contributed by atoms with Crippen molar-refractivity contribution in [1.82, 2.24) is 19.4 Å². The van der Waals surface area contributed by atoms with Crippen LogP contribution < -0.4 is 21.5 Å². The van der Waals surface area contributed by atoms with Crippen molar-refractivity contribution in [2.24, 2.45) is 5.92 Å². The van der Waals surface area contributed by atoms with E-state index in [1.165, 1.54) is 29.0 Å². The number of pyridine rings is 1. The molecule has 0 amide bonds. The van der Waals surface area contributed by atoms with Crippen LogP contribution in [0.2, 0.25) is 5.02 Å². The molecule has 39 heavy (non-hydrogen) atoms. The molecule has 2 aliphatic heterocycles. The molecule has 3 atom stereocenters. The number of nitrogens with one attached hydrogen (secondary N) is 1. The Hall–Kier alpha value is -3.08. The van der Waals surface area contributed by atoms with Gasteiger partial charge < -0.3 is 10.2 Å². The van der Waals surface area contributed by atoms with Crippen LogP contribution in [0.5, 0.6) is 0 Å². The molecule has 0 radical (unpaired) electrons. The van der Waals surface area contributed by atoms with Crippen molar-refractivity contribution in [3.63, 3.8) is 0 Å². The number of aromatic nitrogens is 3. The van der Waals surface area contributed by atoms with Crippen LogP contribution in [0.4, 0.5) is 14.5 Å². The molecule has 3 unspecified atom stereocenters. The minimum atomic E-state index is -2.70. The Bertz CT molecular complexity index is 1710. The smallest absolute Gasteiger partial charge is 0.331 e. The summed E-state index contributed by atoms with van der Waals surface area (Å²) in [5.74, 6) is 1.22. The van der Waals surface area contributed by atoms with Crippen molar-refractivity contribution < 1.29 is 8.78 Å². The van der Waals surface area contributed by atoms with Gasteiger partial charge in [0.05, 0.1) is 23.3 Å².